The van der Waals surface area contributed by atoms with Crippen molar-refractivity contribution in [1.82, 2.24) is 25.0 Å². The van der Waals surface area contributed by atoms with E-state index < -0.39 is 0 Å². The highest BCUT2D eigenvalue weighted by atomic mass is 16.5. The first kappa shape index (κ1) is 14.4. The number of esters is 1. The molecule has 0 saturated carbocycles. The van der Waals surface area contributed by atoms with Gasteiger partial charge >= 0.3 is 5.97 Å². The summed E-state index contributed by atoms with van der Waals surface area (Å²) in [6, 6.07) is 7.41. The van der Waals surface area contributed by atoms with Crippen molar-refractivity contribution in [3.63, 3.8) is 0 Å². The van der Waals surface area contributed by atoms with Crippen molar-refractivity contribution in [3.05, 3.63) is 41.7 Å². The first-order valence-electron chi connectivity index (χ1n) is 7.45. The molecule has 0 fully saturated rings. The molecule has 0 aliphatic heterocycles. The molecule has 1 N–H and O–H groups in total. The normalized spacial score (nSPS) is 11.3. The molecular formula is C17H15N5O2. The van der Waals surface area contributed by atoms with Crippen molar-refractivity contribution >= 4 is 27.9 Å². The van der Waals surface area contributed by atoms with Crippen LogP contribution < -0.4 is 0 Å². The number of pyridine rings is 1. The number of ether oxygens (including phenoxy) is 1. The number of nitrogens with zero attached hydrogens (tertiary/aromatic N) is 4. The highest BCUT2D eigenvalue weighted by Crippen LogP contribution is 2.29. The summed E-state index contributed by atoms with van der Waals surface area (Å²) in [5.41, 5.74) is 5.84. The largest absolute Gasteiger partial charge is 0.465 e. The van der Waals surface area contributed by atoms with E-state index in [2.05, 4.69) is 20.3 Å². The van der Waals surface area contributed by atoms with E-state index in [4.69, 9.17) is 4.74 Å². The van der Waals surface area contributed by atoms with Crippen LogP contribution in [0.3, 0.4) is 0 Å². The topological polar surface area (TPSA) is 85.7 Å². The molecular weight excluding hydrogens is 306 g/mol. The third-order valence-electron chi connectivity index (χ3n) is 4.12. The van der Waals surface area contributed by atoms with Crippen LogP contribution in [0, 0.1) is 6.92 Å². The second-order valence-electron chi connectivity index (χ2n) is 5.64. The number of methoxy groups -OCH3 is 1. The van der Waals surface area contributed by atoms with Crippen LogP contribution in [0.4, 0.5) is 0 Å². The summed E-state index contributed by atoms with van der Waals surface area (Å²) in [6.45, 7) is 1.92. The summed E-state index contributed by atoms with van der Waals surface area (Å²) in [5.74, 6) is -0.362. The van der Waals surface area contributed by atoms with E-state index in [1.54, 1.807) is 23.0 Å². The monoisotopic (exact) mass is 321 g/mol. The van der Waals surface area contributed by atoms with Crippen LogP contribution in [-0.4, -0.2) is 38.0 Å². The van der Waals surface area contributed by atoms with Gasteiger partial charge < -0.3 is 9.72 Å². The molecule has 120 valence electrons. The van der Waals surface area contributed by atoms with E-state index in [1.807, 2.05) is 26.1 Å². The molecule has 7 heteroatoms. The maximum atomic E-state index is 11.7. The Morgan fingerprint density at radius 2 is 2.08 bits per heavy atom. The zero-order chi connectivity index (χ0) is 16.8. The lowest BCUT2D eigenvalue weighted by atomic mass is 10.1. The minimum absolute atomic E-state index is 0.362. The van der Waals surface area contributed by atoms with E-state index in [9.17, 15) is 4.79 Å². The summed E-state index contributed by atoms with van der Waals surface area (Å²) in [4.78, 5) is 19.7. The van der Waals surface area contributed by atoms with Crippen molar-refractivity contribution in [2.45, 2.75) is 6.92 Å². The molecule has 4 aromatic rings. The highest BCUT2D eigenvalue weighted by molar-refractivity contribution is 6.08. The van der Waals surface area contributed by atoms with Crippen molar-refractivity contribution < 1.29 is 9.53 Å². The van der Waals surface area contributed by atoms with Crippen LogP contribution in [0.25, 0.3) is 33.2 Å². The molecule has 0 saturated heterocycles. The van der Waals surface area contributed by atoms with E-state index in [0.717, 1.165) is 38.9 Å². The van der Waals surface area contributed by atoms with Crippen molar-refractivity contribution in [1.29, 1.82) is 0 Å². The van der Waals surface area contributed by atoms with Crippen LogP contribution in [0.5, 0.6) is 0 Å². The third kappa shape index (κ3) is 2.05. The number of aryl methyl sites for hydroxylation is 2. The van der Waals surface area contributed by atoms with Crippen molar-refractivity contribution in [3.8, 4) is 11.3 Å². The molecule has 3 heterocycles. The van der Waals surface area contributed by atoms with Gasteiger partial charge in [-0.15, -0.1) is 5.10 Å². The van der Waals surface area contributed by atoms with Crippen molar-refractivity contribution in [2.75, 3.05) is 7.11 Å². The number of aromatic nitrogens is 5. The number of nitrogens with one attached hydrogen (secondary N) is 1. The number of H-pyrrole nitrogens is 1. The number of rotatable bonds is 2. The predicted octanol–water partition coefficient (Wildman–Crippen LogP) is 2.61. The van der Waals surface area contributed by atoms with Gasteiger partial charge in [0.15, 0.2) is 0 Å². The lowest BCUT2D eigenvalue weighted by Crippen LogP contribution is -2.00. The van der Waals surface area contributed by atoms with Crippen LogP contribution in [0.15, 0.2) is 30.5 Å². The first-order valence-corrected chi connectivity index (χ1v) is 7.45. The molecule has 0 aliphatic carbocycles. The number of hydrogen-bond donors (Lipinski definition) is 1. The zero-order valence-electron chi connectivity index (χ0n) is 13.5. The first-order chi connectivity index (χ1) is 11.6. The summed E-state index contributed by atoms with van der Waals surface area (Å²) < 4.78 is 6.51. The highest BCUT2D eigenvalue weighted by Gasteiger charge is 2.14. The van der Waals surface area contributed by atoms with Gasteiger partial charge in [0.05, 0.1) is 35.1 Å². The van der Waals surface area contributed by atoms with Gasteiger partial charge in [-0.3, -0.25) is 4.98 Å². The Labute approximate surface area is 137 Å². The van der Waals surface area contributed by atoms with Gasteiger partial charge in [-0.25, -0.2) is 9.48 Å². The molecule has 4 rings (SSSR count). The van der Waals surface area contributed by atoms with Gasteiger partial charge in [-0.05, 0) is 31.2 Å². The lowest BCUT2D eigenvalue weighted by molar-refractivity contribution is 0.0601. The number of benzene rings is 1. The van der Waals surface area contributed by atoms with E-state index in [1.165, 1.54) is 7.11 Å². The zero-order valence-corrected chi connectivity index (χ0v) is 13.5. The maximum Gasteiger partial charge on any atom is 0.337 e. The summed E-state index contributed by atoms with van der Waals surface area (Å²) in [7, 11) is 3.23. The van der Waals surface area contributed by atoms with E-state index >= 15 is 0 Å². The number of carbonyl (C=O) groups is 1. The van der Waals surface area contributed by atoms with Gasteiger partial charge in [0.25, 0.3) is 0 Å². The van der Waals surface area contributed by atoms with Gasteiger partial charge in [-0.1, -0.05) is 5.21 Å². The SMILES string of the molecule is COC(=O)c1ccc2[nH]c3cc(-c4c(C)nnn4C)cnc3c2c1. The fraction of sp³-hybridized carbons (Fsp3) is 0.176. The quantitative estimate of drug-likeness (QED) is 0.574. The van der Waals surface area contributed by atoms with Crippen LogP contribution in [0.1, 0.15) is 16.1 Å². The summed E-state index contributed by atoms with van der Waals surface area (Å²) >= 11 is 0. The minimum atomic E-state index is -0.362. The predicted molar refractivity (Wildman–Crippen MR) is 89.7 cm³/mol. The van der Waals surface area contributed by atoms with E-state index in [-0.39, 0.29) is 5.97 Å². The van der Waals surface area contributed by atoms with Crippen molar-refractivity contribution in [2.24, 2.45) is 7.05 Å². The molecule has 0 unspecified atom stereocenters. The Balaban J connectivity index is 1.92. The summed E-state index contributed by atoms with van der Waals surface area (Å²) in [5, 5.41) is 9.00. The minimum Gasteiger partial charge on any atom is -0.465 e. The molecule has 0 atom stereocenters. The Bertz CT molecular complexity index is 1070. The average Bonchev–Trinajstić information content (AvgIpc) is 3.12. The number of hydrogen-bond acceptors (Lipinski definition) is 5. The lowest BCUT2D eigenvalue weighted by Gasteiger charge is -2.02. The van der Waals surface area contributed by atoms with Crippen LogP contribution in [0.2, 0.25) is 0 Å². The smallest absolute Gasteiger partial charge is 0.337 e. The molecule has 0 bridgehead atoms. The summed E-state index contributed by atoms with van der Waals surface area (Å²) in [6.07, 6.45) is 1.80. The van der Waals surface area contributed by atoms with Crippen LogP contribution >= 0.6 is 0 Å². The molecule has 0 spiro atoms. The van der Waals surface area contributed by atoms with Gasteiger partial charge in [-0.2, -0.15) is 0 Å². The molecule has 24 heavy (non-hydrogen) atoms. The van der Waals surface area contributed by atoms with E-state index in [0.29, 0.717) is 5.56 Å². The molecule has 1 aromatic carbocycles. The Morgan fingerprint density at radius 3 is 2.79 bits per heavy atom. The van der Waals surface area contributed by atoms with Gasteiger partial charge in [0.1, 0.15) is 0 Å². The molecule has 0 radical (unpaired) electrons. The van der Waals surface area contributed by atoms with Crippen LogP contribution in [-0.2, 0) is 11.8 Å². The molecule has 0 aliphatic rings. The standard InChI is InChI=1S/C17H15N5O2/c1-9-16(22(2)21-20-9)11-7-14-15(18-8-11)12-6-10(17(23)24-3)4-5-13(12)19-14/h4-8,19H,1-3H3. The van der Waals surface area contributed by atoms with Gasteiger partial charge in [0.2, 0.25) is 0 Å². The second-order valence-corrected chi connectivity index (χ2v) is 5.64. The number of fused-ring (bicyclic) bond motifs is 3. The Kier molecular flexibility index (Phi) is 3.09. The second kappa shape index (κ2) is 5.16. The Hall–Kier alpha value is -3.22. The third-order valence-corrected chi connectivity index (χ3v) is 4.12. The number of aromatic amines is 1. The average molecular weight is 321 g/mol. The Morgan fingerprint density at radius 1 is 1.25 bits per heavy atom. The maximum absolute atomic E-state index is 11.7. The van der Waals surface area contributed by atoms with Gasteiger partial charge in [0, 0.05) is 29.7 Å². The molecule has 3 aromatic heterocycles. The molecule has 0 amide bonds. The fourth-order valence-corrected chi connectivity index (χ4v) is 3.00. The molecule has 7 nitrogen and oxygen atoms in total. The number of carbonyl (C=O) groups excluding carboxylic acids is 1. The fourth-order valence-electron chi connectivity index (χ4n) is 3.00.